The molecule has 0 aromatic heterocycles. The van der Waals surface area contributed by atoms with Crippen molar-refractivity contribution in [3.05, 3.63) is 59.1 Å². The van der Waals surface area contributed by atoms with Gasteiger partial charge in [0.2, 0.25) is 10.0 Å². The molecule has 0 aliphatic rings. The summed E-state index contributed by atoms with van der Waals surface area (Å²) >= 11 is 7.34. The summed E-state index contributed by atoms with van der Waals surface area (Å²) in [6, 6.07) is 13.4. The Labute approximate surface area is 145 Å². The van der Waals surface area contributed by atoms with Crippen LogP contribution in [0.4, 0.5) is 0 Å². The summed E-state index contributed by atoms with van der Waals surface area (Å²) < 4.78 is 27.0. The summed E-state index contributed by atoms with van der Waals surface area (Å²) in [7, 11) is -3.61. The van der Waals surface area contributed by atoms with Crippen molar-refractivity contribution < 1.29 is 13.2 Å². The molecule has 0 amide bonds. The molecule has 0 saturated heterocycles. The topological polar surface area (TPSA) is 63.2 Å². The molecule has 23 heavy (non-hydrogen) atoms. The molecule has 2 aromatic rings. The third-order valence-electron chi connectivity index (χ3n) is 3.03. The third-order valence-corrected chi connectivity index (χ3v) is 5.75. The highest BCUT2D eigenvalue weighted by molar-refractivity contribution is 7.99. The van der Waals surface area contributed by atoms with Gasteiger partial charge in [0.15, 0.2) is 5.78 Å². The van der Waals surface area contributed by atoms with E-state index in [1.54, 1.807) is 24.3 Å². The standard InChI is InChI=1S/C16H16ClNO3S2/c1-12(19)13-3-2-4-16(11-13)23(20,21)18-9-10-22-15-7-5-14(17)6-8-15/h2-8,11,18H,9-10H2,1H3. The van der Waals surface area contributed by atoms with Crippen LogP contribution in [0.5, 0.6) is 0 Å². The predicted molar refractivity (Wildman–Crippen MR) is 93.8 cm³/mol. The fraction of sp³-hybridized carbons (Fsp3) is 0.188. The second-order valence-electron chi connectivity index (χ2n) is 4.78. The Hall–Kier alpha value is -1.34. The lowest BCUT2D eigenvalue weighted by Crippen LogP contribution is -2.26. The van der Waals surface area contributed by atoms with Crippen molar-refractivity contribution >= 4 is 39.2 Å². The molecule has 0 bridgehead atoms. The molecule has 0 radical (unpaired) electrons. The molecular weight excluding hydrogens is 354 g/mol. The molecule has 0 fully saturated rings. The van der Waals surface area contributed by atoms with Gasteiger partial charge in [0.1, 0.15) is 0 Å². The number of hydrogen-bond acceptors (Lipinski definition) is 4. The van der Waals surface area contributed by atoms with Gasteiger partial charge >= 0.3 is 0 Å². The smallest absolute Gasteiger partial charge is 0.240 e. The Balaban J connectivity index is 1.92. The number of sulfonamides is 1. The summed E-state index contributed by atoms with van der Waals surface area (Å²) in [5.41, 5.74) is 0.378. The number of halogens is 1. The second kappa shape index (κ2) is 7.97. The van der Waals surface area contributed by atoms with Gasteiger partial charge in [0, 0.05) is 27.8 Å². The highest BCUT2D eigenvalue weighted by Crippen LogP contribution is 2.20. The molecule has 2 rings (SSSR count). The van der Waals surface area contributed by atoms with E-state index < -0.39 is 10.0 Å². The normalized spacial score (nSPS) is 11.4. The third kappa shape index (κ3) is 5.35. The zero-order valence-electron chi connectivity index (χ0n) is 12.5. The quantitative estimate of drug-likeness (QED) is 0.460. The average molecular weight is 370 g/mol. The van der Waals surface area contributed by atoms with Crippen LogP contribution >= 0.6 is 23.4 Å². The lowest BCUT2D eigenvalue weighted by molar-refractivity contribution is 0.101. The highest BCUT2D eigenvalue weighted by Gasteiger charge is 2.14. The van der Waals surface area contributed by atoms with Gasteiger partial charge < -0.3 is 0 Å². The Morgan fingerprint density at radius 1 is 1.17 bits per heavy atom. The van der Waals surface area contributed by atoms with Crippen molar-refractivity contribution in [2.45, 2.75) is 16.7 Å². The molecule has 0 aliphatic heterocycles. The number of carbonyl (C=O) groups excluding carboxylic acids is 1. The van der Waals surface area contributed by atoms with E-state index in [2.05, 4.69) is 4.72 Å². The maximum absolute atomic E-state index is 12.2. The maximum atomic E-state index is 12.2. The fourth-order valence-electron chi connectivity index (χ4n) is 1.84. The molecule has 7 heteroatoms. The SMILES string of the molecule is CC(=O)c1cccc(S(=O)(=O)NCCSc2ccc(Cl)cc2)c1. The van der Waals surface area contributed by atoms with E-state index in [4.69, 9.17) is 11.6 Å². The van der Waals surface area contributed by atoms with Gasteiger partial charge in [0.25, 0.3) is 0 Å². The Morgan fingerprint density at radius 3 is 2.52 bits per heavy atom. The lowest BCUT2D eigenvalue weighted by Gasteiger charge is -2.07. The minimum absolute atomic E-state index is 0.0988. The van der Waals surface area contributed by atoms with Crippen LogP contribution in [0.2, 0.25) is 5.02 Å². The molecule has 4 nitrogen and oxygen atoms in total. The van der Waals surface area contributed by atoms with Crippen LogP contribution in [0, 0.1) is 0 Å². The number of nitrogens with one attached hydrogen (secondary N) is 1. The van der Waals surface area contributed by atoms with Gasteiger partial charge in [-0.05, 0) is 43.3 Å². The van der Waals surface area contributed by atoms with Crippen molar-refractivity contribution in [3.8, 4) is 0 Å². The van der Waals surface area contributed by atoms with Crippen molar-refractivity contribution in [2.24, 2.45) is 0 Å². The summed E-state index contributed by atoms with van der Waals surface area (Å²) in [6.45, 7) is 1.70. The van der Waals surface area contributed by atoms with Crippen LogP contribution in [-0.4, -0.2) is 26.5 Å². The van der Waals surface area contributed by atoms with Gasteiger partial charge in [-0.15, -0.1) is 11.8 Å². The second-order valence-corrected chi connectivity index (χ2v) is 8.16. The number of thioether (sulfide) groups is 1. The number of ketones is 1. The zero-order chi connectivity index (χ0) is 16.9. The van der Waals surface area contributed by atoms with E-state index in [-0.39, 0.29) is 10.7 Å². The number of carbonyl (C=O) groups is 1. The number of Topliss-reactive ketones (excluding diaryl/α,β-unsaturated/α-hetero) is 1. The Bertz CT molecular complexity index is 789. The first kappa shape index (κ1) is 18.0. The van der Waals surface area contributed by atoms with E-state index in [9.17, 15) is 13.2 Å². The monoisotopic (exact) mass is 369 g/mol. The van der Waals surface area contributed by atoms with Gasteiger partial charge in [-0.2, -0.15) is 0 Å². The largest absolute Gasteiger partial charge is 0.295 e. The fourth-order valence-corrected chi connectivity index (χ4v) is 3.94. The highest BCUT2D eigenvalue weighted by atomic mass is 35.5. The van der Waals surface area contributed by atoms with Gasteiger partial charge in [-0.3, -0.25) is 4.79 Å². The van der Waals surface area contributed by atoms with Crippen LogP contribution in [0.3, 0.4) is 0 Å². The van der Waals surface area contributed by atoms with Crippen molar-refractivity contribution in [2.75, 3.05) is 12.3 Å². The zero-order valence-corrected chi connectivity index (χ0v) is 14.8. The first-order valence-electron chi connectivity index (χ1n) is 6.87. The molecular formula is C16H16ClNO3S2. The molecule has 0 aliphatic carbocycles. The Morgan fingerprint density at radius 2 is 1.87 bits per heavy atom. The minimum atomic E-state index is -3.61. The van der Waals surface area contributed by atoms with E-state index in [1.165, 1.54) is 30.8 Å². The minimum Gasteiger partial charge on any atom is -0.295 e. The van der Waals surface area contributed by atoms with Crippen LogP contribution in [-0.2, 0) is 10.0 Å². The molecule has 0 saturated carbocycles. The summed E-state index contributed by atoms with van der Waals surface area (Å²) in [6.07, 6.45) is 0. The molecule has 122 valence electrons. The molecule has 0 heterocycles. The van der Waals surface area contributed by atoms with Crippen molar-refractivity contribution in [3.63, 3.8) is 0 Å². The van der Waals surface area contributed by atoms with Gasteiger partial charge in [-0.1, -0.05) is 23.7 Å². The van der Waals surface area contributed by atoms with E-state index in [1.807, 2.05) is 12.1 Å². The first-order valence-corrected chi connectivity index (χ1v) is 9.72. The first-order chi connectivity index (χ1) is 10.9. The van der Waals surface area contributed by atoms with Crippen molar-refractivity contribution in [1.82, 2.24) is 4.72 Å². The van der Waals surface area contributed by atoms with Crippen LogP contribution < -0.4 is 4.72 Å². The molecule has 0 spiro atoms. The van der Waals surface area contributed by atoms with Crippen molar-refractivity contribution in [1.29, 1.82) is 0 Å². The molecule has 2 aromatic carbocycles. The van der Waals surface area contributed by atoms with Crippen LogP contribution in [0.15, 0.2) is 58.3 Å². The molecule has 0 unspecified atom stereocenters. The maximum Gasteiger partial charge on any atom is 0.240 e. The summed E-state index contributed by atoms with van der Waals surface area (Å²) in [5, 5.41) is 0.667. The van der Waals surface area contributed by atoms with Gasteiger partial charge in [-0.25, -0.2) is 13.1 Å². The number of hydrogen-bond donors (Lipinski definition) is 1. The molecule has 0 atom stereocenters. The van der Waals surface area contributed by atoms with E-state index in [0.29, 0.717) is 22.9 Å². The van der Waals surface area contributed by atoms with Gasteiger partial charge in [0.05, 0.1) is 4.90 Å². The molecule has 1 N–H and O–H groups in total. The van der Waals surface area contributed by atoms with Crippen LogP contribution in [0.25, 0.3) is 0 Å². The number of benzene rings is 2. The summed E-state index contributed by atoms with van der Waals surface area (Å²) in [4.78, 5) is 12.5. The van der Waals surface area contributed by atoms with Crippen LogP contribution in [0.1, 0.15) is 17.3 Å². The lowest BCUT2D eigenvalue weighted by atomic mass is 10.2. The summed E-state index contributed by atoms with van der Waals surface area (Å²) in [5.74, 6) is 0.424. The van der Waals surface area contributed by atoms with E-state index in [0.717, 1.165) is 4.90 Å². The predicted octanol–water partition coefficient (Wildman–Crippen LogP) is 3.61. The Kier molecular flexibility index (Phi) is 6.24. The average Bonchev–Trinajstić information content (AvgIpc) is 2.53. The van der Waals surface area contributed by atoms with E-state index >= 15 is 0 Å². The number of rotatable bonds is 7.